The van der Waals surface area contributed by atoms with Crippen LogP contribution in [0.25, 0.3) is 11.0 Å². The lowest BCUT2D eigenvalue weighted by molar-refractivity contribution is -0.117. The lowest BCUT2D eigenvalue weighted by Gasteiger charge is -2.32. The van der Waals surface area contributed by atoms with Crippen molar-refractivity contribution in [1.82, 2.24) is 9.80 Å². The van der Waals surface area contributed by atoms with Gasteiger partial charge in [0.15, 0.2) is 0 Å². The van der Waals surface area contributed by atoms with E-state index >= 15 is 0 Å². The molecule has 2 heterocycles. The van der Waals surface area contributed by atoms with Crippen LogP contribution in [-0.2, 0) is 4.79 Å². The van der Waals surface area contributed by atoms with Gasteiger partial charge in [-0.3, -0.25) is 9.59 Å². The molecule has 0 atom stereocenters. The lowest BCUT2D eigenvalue weighted by Crippen LogP contribution is -2.47. The number of amides is 2. The predicted octanol–water partition coefficient (Wildman–Crippen LogP) is 3.34. The molecule has 2 aromatic rings. The van der Waals surface area contributed by atoms with Crippen LogP contribution < -0.4 is 5.32 Å². The minimum atomic E-state index is -0.143. The maximum Gasteiger partial charge on any atom is 0.291 e. The number of hydrogen-bond donors (Lipinski definition) is 1. The second-order valence-corrected chi connectivity index (χ2v) is 7.80. The molecule has 6 heteroatoms. The Morgan fingerprint density at radius 1 is 1.11 bits per heavy atom. The van der Waals surface area contributed by atoms with E-state index in [0.29, 0.717) is 36.7 Å². The van der Waals surface area contributed by atoms with E-state index in [1.807, 2.05) is 29.2 Å². The first-order valence-electron chi connectivity index (χ1n) is 9.91. The number of anilines is 1. The minimum absolute atomic E-state index is 0.0270. The summed E-state index contributed by atoms with van der Waals surface area (Å²) < 4.78 is 5.89. The van der Waals surface area contributed by atoms with Gasteiger partial charge in [0, 0.05) is 38.0 Å². The molecule has 1 aromatic carbocycles. The molecule has 0 bridgehead atoms. The normalized spacial score (nSPS) is 18.9. The van der Waals surface area contributed by atoms with Crippen LogP contribution in [0.2, 0.25) is 0 Å². The Morgan fingerprint density at radius 3 is 2.56 bits per heavy atom. The summed E-state index contributed by atoms with van der Waals surface area (Å²) in [6.45, 7) is 3.02. The molecular weight excluding hydrogens is 342 g/mol. The summed E-state index contributed by atoms with van der Waals surface area (Å²) in [4.78, 5) is 29.7. The van der Waals surface area contributed by atoms with E-state index in [4.69, 9.17) is 4.42 Å². The second kappa shape index (κ2) is 7.72. The Labute approximate surface area is 159 Å². The topological polar surface area (TPSA) is 65.8 Å². The van der Waals surface area contributed by atoms with E-state index in [0.717, 1.165) is 31.3 Å². The fraction of sp³-hybridized carbons (Fsp3) is 0.524. The fourth-order valence-electron chi connectivity index (χ4n) is 4.14. The zero-order valence-corrected chi connectivity index (χ0v) is 15.9. The van der Waals surface area contributed by atoms with Crippen molar-refractivity contribution in [2.75, 3.05) is 38.5 Å². The number of nitrogens with zero attached hydrogens (tertiary/aromatic N) is 2. The van der Waals surface area contributed by atoms with Crippen LogP contribution in [-0.4, -0.2) is 54.8 Å². The van der Waals surface area contributed by atoms with Crippen molar-refractivity contribution in [2.45, 2.75) is 32.1 Å². The van der Waals surface area contributed by atoms with E-state index in [2.05, 4.69) is 17.3 Å². The van der Waals surface area contributed by atoms with Crippen molar-refractivity contribution in [3.8, 4) is 0 Å². The van der Waals surface area contributed by atoms with Crippen LogP contribution in [0.3, 0.4) is 0 Å². The zero-order chi connectivity index (χ0) is 18.8. The average Bonchev–Trinajstić information content (AvgIpc) is 3.30. The van der Waals surface area contributed by atoms with Crippen molar-refractivity contribution in [2.24, 2.45) is 5.92 Å². The van der Waals surface area contributed by atoms with Crippen molar-refractivity contribution in [1.29, 1.82) is 0 Å². The SMILES string of the molecule is CN1CCN(C(=O)c2oc3ccccc3c2NC(=O)CC2CCCC2)CC1. The van der Waals surface area contributed by atoms with Crippen LogP contribution in [0.15, 0.2) is 28.7 Å². The van der Waals surface area contributed by atoms with Gasteiger partial charge in [0.2, 0.25) is 11.7 Å². The second-order valence-electron chi connectivity index (χ2n) is 7.80. The van der Waals surface area contributed by atoms with Crippen molar-refractivity contribution in [3.63, 3.8) is 0 Å². The highest BCUT2D eigenvalue weighted by Crippen LogP contribution is 2.33. The zero-order valence-electron chi connectivity index (χ0n) is 15.9. The van der Waals surface area contributed by atoms with Crippen LogP contribution in [0, 0.1) is 5.92 Å². The Morgan fingerprint density at radius 2 is 1.81 bits per heavy atom. The largest absolute Gasteiger partial charge is 0.449 e. The average molecular weight is 369 g/mol. The highest BCUT2D eigenvalue weighted by molar-refractivity contribution is 6.10. The number of rotatable bonds is 4. The monoisotopic (exact) mass is 369 g/mol. The van der Waals surface area contributed by atoms with Crippen LogP contribution in [0.5, 0.6) is 0 Å². The number of para-hydroxylation sites is 1. The highest BCUT2D eigenvalue weighted by atomic mass is 16.3. The Kier molecular flexibility index (Phi) is 5.16. The molecule has 2 fully saturated rings. The number of fused-ring (bicyclic) bond motifs is 1. The smallest absolute Gasteiger partial charge is 0.291 e. The molecule has 1 aliphatic heterocycles. The van der Waals surface area contributed by atoms with Gasteiger partial charge in [-0.05, 0) is 37.9 Å². The summed E-state index contributed by atoms with van der Waals surface area (Å²) in [7, 11) is 2.05. The molecule has 1 saturated heterocycles. The number of carbonyl (C=O) groups is 2. The molecule has 1 aliphatic carbocycles. The number of benzene rings is 1. The summed E-state index contributed by atoms with van der Waals surface area (Å²) in [6.07, 6.45) is 5.17. The Hall–Kier alpha value is -2.34. The van der Waals surface area contributed by atoms with Gasteiger partial charge in [-0.25, -0.2) is 0 Å². The maximum absolute atomic E-state index is 13.1. The molecule has 1 aromatic heterocycles. The lowest BCUT2D eigenvalue weighted by atomic mass is 10.0. The number of hydrogen-bond acceptors (Lipinski definition) is 4. The minimum Gasteiger partial charge on any atom is -0.449 e. The van der Waals surface area contributed by atoms with Crippen LogP contribution in [0.1, 0.15) is 42.7 Å². The molecule has 2 aliphatic rings. The molecule has 4 rings (SSSR count). The molecule has 2 amide bonds. The molecule has 144 valence electrons. The van der Waals surface area contributed by atoms with Crippen molar-refractivity contribution < 1.29 is 14.0 Å². The number of likely N-dealkylation sites (N-methyl/N-ethyl adjacent to an activating group) is 1. The van der Waals surface area contributed by atoms with E-state index in [1.54, 1.807) is 0 Å². The summed E-state index contributed by atoms with van der Waals surface area (Å²) in [5.41, 5.74) is 1.16. The molecule has 6 nitrogen and oxygen atoms in total. The van der Waals surface area contributed by atoms with Gasteiger partial charge in [-0.1, -0.05) is 25.0 Å². The van der Waals surface area contributed by atoms with Crippen LogP contribution >= 0.6 is 0 Å². The summed E-state index contributed by atoms with van der Waals surface area (Å²) in [5, 5.41) is 3.79. The van der Waals surface area contributed by atoms with Gasteiger partial charge in [-0.15, -0.1) is 0 Å². The summed E-state index contributed by atoms with van der Waals surface area (Å²) in [5.74, 6) is 0.539. The van der Waals surface area contributed by atoms with Crippen molar-refractivity contribution in [3.05, 3.63) is 30.0 Å². The van der Waals surface area contributed by atoms with Gasteiger partial charge in [0.25, 0.3) is 5.91 Å². The van der Waals surface area contributed by atoms with Gasteiger partial charge < -0.3 is 19.5 Å². The third-order valence-electron chi connectivity index (χ3n) is 5.79. The number of nitrogens with one attached hydrogen (secondary N) is 1. The fourth-order valence-corrected chi connectivity index (χ4v) is 4.14. The quantitative estimate of drug-likeness (QED) is 0.898. The van der Waals surface area contributed by atoms with Crippen molar-refractivity contribution >= 4 is 28.5 Å². The summed E-state index contributed by atoms with van der Waals surface area (Å²) >= 11 is 0. The first-order valence-corrected chi connectivity index (χ1v) is 9.91. The van der Waals surface area contributed by atoms with Gasteiger partial charge in [0.1, 0.15) is 11.3 Å². The molecule has 0 spiro atoms. The standard InChI is InChI=1S/C21H27N3O3/c1-23-10-12-24(13-11-23)21(26)20-19(16-8-4-5-9-17(16)27-20)22-18(25)14-15-6-2-3-7-15/h4-5,8-9,15H,2-3,6-7,10-14H2,1H3,(H,22,25). The third kappa shape index (κ3) is 3.86. The first-order chi connectivity index (χ1) is 13.1. The first kappa shape index (κ1) is 18.0. The molecule has 0 radical (unpaired) electrons. The number of furan rings is 1. The van der Waals surface area contributed by atoms with Crippen LogP contribution in [0.4, 0.5) is 5.69 Å². The van der Waals surface area contributed by atoms with E-state index in [-0.39, 0.29) is 17.6 Å². The van der Waals surface area contributed by atoms with E-state index < -0.39 is 0 Å². The van der Waals surface area contributed by atoms with E-state index in [9.17, 15) is 9.59 Å². The predicted molar refractivity (Wildman–Crippen MR) is 105 cm³/mol. The number of carbonyl (C=O) groups excluding carboxylic acids is 2. The summed E-state index contributed by atoms with van der Waals surface area (Å²) in [6, 6.07) is 7.50. The molecule has 1 saturated carbocycles. The third-order valence-corrected chi connectivity index (χ3v) is 5.79. The molecular formula is C21H27N3O3. The van der Waals surface area contributed by atoms with Gasteiger partial charge in [0.05, 0.1) is 0 Å². The Balaban J connectivity index is 1.59. The Bertz CT molecular complexity index is 830. The van der Waals surface area contributed by atoms with Gasteiger partial charge >= 0.3 is 0 Å². The van der Waals surface area contributed by atoms with Gasteiger partial charge in [-0.2, -0.15) is 0 Å². The molecule has 1 N–H and O–H groups in total. The number of piperazine rings is 1. The molecule has 0 unspecified atom stereocenters. The van der Waals surface area contributed by atoms with E-state index in [1.165, 1.54) is 12.8 Å². The molecule has 27 heavy (non-hydrogen) atoms. The maximum atomic E-state index is 13.1. The highest BCUT2D eigenvalue weighted by Gasteiger charge is 2.28.